The highest BCUT2D eigenvalue weighted by Gasteiger charge is 2.34. The molecule has 3 N–H and O–H groups in total. The zero-order valence-electron chi connectivity index (χ0n) is 29.2. The van der Waals surface area contributed by atoms with Gasteiger partial charge in [-0.1, -0.05) is 31.3 Å². The Morgan fingerprint density at radius 3 is 2.50 bits per heavy atom. The zero-order chi connectivity index (χ0) is 35.0. The number of fused-ring (bicyclic) bond motifs is 1. The van der Waals surface area contributed by atoms with Crippen molar-refractivity contribution in [3.8, 4) is 5.75 Å². The van der Waals surface area contributed by atoms with Crippen molar-refractivity contribution in [2.24, 2.45) is 5.92 Å². The molecule has 2 heterocycles. The summed E-state index contributed by atoms with van der Waals surface area (Å²) in [7, 11) is -2.44. The Balaban J connectivity index is 1.61. The molecule has 0 unspecified atom stereocenters. The highest BCUT2D eigenvalue weighted by molar-refractivity contribution is 7.89. The smallest absolute Gasteiger partial charge is 0.319 e. The number of aliphatic hydroxyl groups excluding tert-OH is 1. The quantitative estimate of drug-likeness (QED) is 0.351. The van der Waals surface area contributed by atoms with Gasteiger partial charge in [0.25, 0.3) is 5.91 Å². The number of hydrogen-bond acceptors (Lipinski definition) is 9. The second-order valence-electron chi connectivity index (χ2n) is 13.4. The number of amides is 3. The number of sulfonamides is 1. The number of benzene rings is 1. The molecule has 2 aliphatic rings. The number of ether oxygens (including phenoxy) is 2. The summed E-state index contributed by atoms with van der Waals surface area (Å²) >= 11 is 0. The van der Waals surface area contributed by atoms with Gasteiger partial charge in [-0.2, -0.15) is 4.31 Å². The van der Waals surface area contributed by atoms with Crippen molar-refractivity contribution >= 4 is 27.6 Å². The summed E-state index contributed by atoms with van der Waals surface area (Å²) in [5.41, 5.74) is 0.991. The van der Waals surface area contributed by atoms with Gasteiger partial charge in [0.1, 0.15) is 16.3 Å². The van der Waals surface area contributed by atoms with E-state index >= 15 is 0 Å². The first-order valence-electron chi connectivity index (χ1n) is 17.1. The molecule has 1 aliphatic carbocycles. The van der Waals surface area contributed by atoms with Crippen LogP contribution in [-0.4, -0.2) is 97.5 Å². The fourth-order valence-corrected chi connectivity index (χ4v) is 7.88. The molecular formula is C34H53N5O8S. The third-order valence-electron chi connectivity index (χ3n) is 9.32. The maximum absolute atomic E-state index is 14.4. The maximum Gasteiger partial charge on any atom is 0.319 e. The van der Waals surface area contributed by atoms with Gasteiger partial charge in [-0.05, 0) is 78.0 Å². The highest BCUT2D eigenvalue weighted by atomic mass is 32.2. The normalized spacial score (nSPS) is 22.8. The van der Waals surface area contributed by atoms with Crippen molar-refractivity contribution in [3.05, 3.63) is 35.2 Å². The van der Waals surface area contributed by atoms with Crippen LogP contribution in [0.25, 0.3) is 0 Å². The van der Waals surface area contributed by atoms with Gasteiger partial charge in [0.05, 0.1) is 30.4 Å². The van der Waals surface area contributed by atoms with Gasteiger partial charge >= 0.3 is 6.03 Å². The molecule has 1 aromatic carbocycles. The average Bonchev–Trinajstić information content (AvgIpc) is 3.40. The van der Waals surface area contributed by atoms with E-state index in [0.717, 1.165) is 38.5 Å². The number of aliphatic hydroxyl groups is 1. The van der Waals surface area contributed by atoms with E-state index in [0.29, 0.717) is 24.5 Å². The summed E-state index contributed by atoms with van der Waals surface area (Å²) in [6.45, 7) is 9.06. The van der Waals surface area contributed by atoms with Crippen molar-refractivity contribution in [2.45, 2.75) is 115 Å². The number of rotatable bonds is 8. The molecule has 0 bridgehead atoms. The van der Waals surface area contributed by atoms with Crippen molar-refractivity contribution in [1.29, 1.82) is 0 Å². The number of nitrogens with zero attached hydrogens (tertiary/aromatic N) is 3. The van der Waals surface area contributed by atoms with Crippen molar-refractivity contribution in [2.75, 3.05) is 38.7 Å². The number of nitrogens with one attached hydrogen (secondary N) is 2. The molecule has 14 heteroatoms. The van der Waals surface area contributed by atoms with Crippen LogP contribution in [0.15, 0.2) is 27.6 Å². The lowest BCUT2D eigenvalue weighted by Crippen LogP contribution is -2.48. The molecule has 4 atom stereocenters. The van der Waals surface area contributed by atoms with Gasteiger partial charge in [-0.25, -0.2) is 13.2 Å². The fraction of sp³-hybridized carbons (Fsp3) is 0.676. The largest absolute Gasteiger partial charge is 0.490 e. The van der Waals surface area contributed by atoms with Gasteiger partial charge in [0.15, 0.2) is 5.76 Å². The first-order chi connectivity index (χ1) is 22.8. The van der Waals surface area contributed by atoms with Crippen molar-refractivity contribution < 1.29 is 37.1 Å². The molecule has 1 aliphatic heterocycles. The van der Waals surface area contributed by atoms with E-state index in [1.165, 1.54) is 17.8 Å². The van der Waals surface area contributed by atoms with Crippen molar-refractivity contribution in [1.82, 2.24) is 19.7 Å². The molecule has 4 rings (SSSR count). The molecule has 13 nitrogen and oxygen atoms in total. The molecule has 48 heavy (non-hydrogen) atoms. The number of carbonyl (C=O) groups is 2. The summed E-state index contributed by atoms with van der Waals surface area (Å²) in [5, 5.41) is 20.0. The molecule has 1 aromatic heterocycles. The van der Waals surface area contributed by atoms with Crippen LogP contribution in [0.3, 0.4) is 0 Å². The van der Waals surface area contributed by atoms with E-state index in [-0.39, 0.29) is 71.6 Å². The monoisotopic (exact) mass is 691 g/mol. The number of carbonyl (C=O) groups excluding carboxylic acids is 2. The lowest BCUT2D eigenvalue weighted by atomic mass is 9.96. The standard InChI is InChI=1S/C34H53N5O8S/c1-22-19-39(23(2)21-40)33(41)29-18-28(36-34(42)35-27-13-8-7-9-14-27)15-16-30(29)46-24(3)12-10-11-17-45-31(22)20-38(6)48(43,44)32-25(4)37-47-26(32)5/h15-16,18,22-24,27,31,40H,7-14,17,19-21H2,1-6H3,(H2,35,36,42)/t22-,23+,24-,31+/m1/s1. The SMILES string of the molecule is Cc1noc(C)c1S(=O)(=O)N(C)C[C@@H]1OCCCC[C@@H](C)Oc2ccc(NC(=O)NC3CCCCC3)cc2C(=O)N([C@@H](C)CO)C[C@H]1C. The lowest BCUT2D eigenvalue weighted by molar-refractivity contribution is -0.00835. The van der Waals surface area contributed by atoms with Gasteiger partial charge in [0, 0.05) is 44.4 Å². The predicted octanol–water partition coefficient (Wildman–Crippen LogP) is 4.86. The molecule has 0 saturated heterocycles. The topological polar surface area (TPSA) is 164 Å². The Morgan fingerprint density at radius 2 is 1.83 bits per heavy atom. The predicted molar refractivity (Wildman–Crippen MR) is 182 cm³/mol. The lowest BCUT2D eigenvalue weighted by Gasteiger charge is -2.35. The van der Waals surface area contributed by atoms with E-state index in [1.807, 2.05) is 13.8 Å². The van der Waals surface area contributed by atoms with Gasteiger partial charge in [0.2, 0.25) is 10.0 Å². The summed E-state index contributed by atoms with van der Waals surface area (Å²) < 4.78 is 46.1. The van der Waals surface area contributed by atoms with Crippen LogP contribution in [0.2, 0.25) is 0 Å². The summed E-state index contributed by atoms with van der Waals surface area (Å²) in [6, 6.07) is 4.28. The van der Waals surface area contributed by atoms with E-state index in [2.05, 4.69) is 15.8 Å². The molecule has 1 saturated carbocycles. The molecule has 2 aromatic rings. The van der Waals surface area contributed by atoms with E-state index in [1.54, 1.807) is 43.9 Å². The number of anilines is 1. The first kappa shape index (κ1) is 37.6. The third kappa shape index (κ3) is 9.48. The summed E-state index contributed by atoms with van der Waals surface area (Å²) in [6.07, 6.45) is 6.70. The highest BCUT2D eigenvalue weighted by Crippen LogP contribution is 2.29. The van der Waals surface area contributed by atoms with Crippen LogP contribution >= 0.6 is 0 Å². The summed E-state index contributed by atoms with van der Waals surface area (Å²) in [5.74, 6) is -0.111. The van der Waals surface area contributed by atoms with Crippen LogP contribution < -0.4 is 15.4 Å². The average molecular weight is 692 g/mol. The fourth-order valence-electron chi connectivity index (χ4n) is 6.41. The number of urea groups is 1. The van der Waals surface area contributed by atoms with Crippen LogP contribution in [0, 0.1) is 19.8 Å². The maximum atomic E-state index is 14.4. The Labute approximate surface area is 284 Å². The minimum absolute atomic E-state index is 0.0311. The number of likely N-dealkylation sites (N-methyl/N-ethyl adjacent to an activating group) is 1. The van der Waals surface area contributed by atoms with Crippen LogP contribution in [-0.2, 0) is 14.8 Å². The second kappa shape index (κ2) is 17.0. The van der Waals surface area contributed by atoms with E-state index in [9.17, 15) is 23.1 Å². The Morgan fingerprint density at radius 1 is 1.12 bits per heavy atom. The number of hydrogen-bond donors (Lipinski definition) is 3. The van der Waals surface area contributed by atoms with Crippen LogP contribution in [0.4, 0.5) is 10.5 Å². The van der Waals surface area contributed by atoms with Gasteiger partial charge in [-0.15, -0.1) is 0 Å². The first-order valence-corrected chi connectivity index (χ1v) is 18.6. The Hall–Kier alpha value is -3.20. The van der Waals surface area contributed by atoms with Gasteiger partial charge < -0.3 is 34.6 Å². The number of aromatic nitrogens is 1. The van der Waals surface area contributed by atoms with Crippen LogP contribution in [0.5, 0.6) is 5.75 Å². The summed E-state index contributed by atoms with van der Waals surface area (Å²) in [4.78, 5) is 28.9. The Bertz CT molecular complexity index is 1470. The molecule has 268 valence electrons. The molecule has 0 radical (unpaired) electrons. The number of aryl methyl sites for hydroxylation is 2. The second-order valence-corrected chi connectivity index (χ2v) is 15.4. The van der Waals surface area contributed by atoms with E-state index in [4.69, 9.17) is 14.0 Å². The minimum Gasteiger partial charge on any atom is -0.490 e. The van der Waals surface area contributed by atoms with Crippen molar-refractivity contribution in [3.63, 3.8) is 0 Å². The molecule has 3 amide bonds. The zero-order valence-corrected chi connectivity index (χ0v) is 30.0. The minimum atomic E-state index is -3.94. The van der Waals surface area contributed by atoms with Gasteiger partial charge in [-0.3, -0.25) is 4.79 Å². The van der Waals surface area contributed by atoms with Crippen LogP contribution in [0.1, 0.15) is 93.9 Å². The molecule has 0 spiro atoms. The molecular weight excluding hydrogens is 638 g/mol. The third-order valence-corrected chi connectivity index (χ3v) is 11.4. The molecule has 1 fully saturated rings. The Kier molecular flexibility index (Phi) is 13.3. The van der Waals surface area contributed by atoms with E-state index < -0.39 is 22.2 Å².